The summed E-state index contributed by atoms with van der Waals surface area (Å²) in [4.78, 5) is 52.1. The van der Waals surface area contributed by atoms with Crippen LogP contribution < -0.4 is 10.6 Å². The van der Waals surface area contributed by atoms with E-state index < -0.39 is 48.6 Å². The van der Waals surface area contributed by atoms with Crippen LogP contribution in [0.5, 0.6) is 0 Å². The molecule has 2 N–H and O–H groups in total. The minimum atomic E-state index is -1.22. The predicted octanol–water partition coefficient (Wildman–Crippen LogP) is 2.34. The van der Waals surface area contributed by atoms with Gasteiger partial charge in [0.1, 0.15) is 18.4 Å². The van der Waals surface area contributed by atoms with Gasteiger partial charge in [-0.25, -0.2) is 4.39 Å². The third-order valence-corrected chi connectivity index (χ3v) is 5.52. The standard InChI is InChI=1S/C24H28FN3O6/c1-2-33-21(30)15-28(20(29)14-26-23(31)19-8-5-13-34-19)22(16-9-11-17(25)12-10-16)24(32)27-18-6-3-4-7-18/h5,8-13,18,22H,2-4,6-7,14-15H2,1H3,(H,26,31)(H,27,32)/t22-/m0/s1. The maximum Gasteiger partial charge on any atom is 0.325 e. The van der Waals surface area contributed by atoms with E-state index in [1.54, 1.807) is 6.92 Å². The largest absolute Gasteiger partial charge is 0.465 e. The van der Waals surface area contributed by atoms with E-state index in [1.165, 1.54) is 42.7 Å². The summed E-state index contributed by atoms with van der Waals surface area (Å²) >= 11 is 0. The van der Waals surface area contributed by atoms with Gasteiger partial charge in [-0.05, 0) is 49.6 Å². The molecule has 3 amide bonds. The van der Waals surface area contributed by atoms with Crippen molar-refractivity contribution in [2.75, 3.05) is 19.7 Å². The SMILES string of the molecule is CCOC(=O)CN(C(=O)CNC(=O)c1ccco1)[C@H](C(=O)NC1CCCC1)c1ccc(F)cc1. The number of hydrogen-bond donors (Lipinski definition) is 2. The lowest BCUT2D eigenvalue weighted by molar-refractivity contribution is -0.152. The van der Waals surface area contributed by atoms with E-state index in [0.717, 1.165) is 30.6 Å². The number of furan rings is 1. The Morgan fingerprint density at radius 3 is 2.47 bits per heavy atom. The summed E-state index contributed by atoms with van der Waals surface area (Å²) in [5, 5.41) is 5.37. The van der Waals surface area contributed by atoms with Gasteiger partial charge >= 0.3 is 5.97 Å². The molecule has 1 aliphatic carbocycles. The lowest BCUT2D eigenvalue weighted by Gasteiger charge is -2.31. The first kappa shape index (κ1) is 24.9. The van der Waals surface area contributed by atoms with Crippen LogP contribution in [0.4, 0.5) is 4.39 Å². The Hall–Kier alpha value is -3.69. The van der Waals surface area contributed by atoms with Crippen molar-refractivity contribution in [3.8, 4) is 0 Å². The second kappa shape index (κ2) is 12.0. The van der Waals surface area contributed by atoms with Gasteiger partial charge in [-0.1, -0.05) is 25.0 Å². The minimum absolute atomic E-state index is 0.0128. The van der Waals surface area contributed by atoms with Crippen LogP contribution in [-0.2, 0) is 19.1 Å². The molecule has 1 fully saturated rings. The zero-order valence-electron chi connectivity index (χ0n) is 18.9. The molecule has 1 aromatic heterocycles. The molecule has 2 aromatic rings. The van der Waals surface area contributed by atoms with Crippen molar-refractivity contribution in [1.29, 1.82) is 0 Å². The van der Waals surface area contributed by atoms with Crippen LogP contribution in [-0.4, -0.2) is 54.3 Å². The first-order valence-corrected chi connectivity index (χ1v) is 11.2. The number of halogens is 1. The number of esters is 1. The lowest BCUT2D eigenvalue weighted by atomic mass is 10.0. The summed E-state index contributed by atoms with van der Waals surface area (Å²) in [6.07, 6.45) is 4.91. The highest BCUT2D eigenvalue weighted by Crippen LogP contribution is 2.25. The molecule has 9 nitrogen and oxygen atoms in total. The monoisotopic (exact) mass is 473 g/mol. The summed E-state index contributed by atoms with van der Waals surface area (Å²) in [6.45, 7) is 0.695. The fourth-order valence-corrected chi connectivity index (χ4v) is 3.89. The molecule has 0 saturated heterocycles. The molecule has 1 atom stereocenters. The number of carbonyl (C=O) groups is 4. The first-order chi connectivity index (χ1) is 16.4. The molecule has 1 aromatic carbocycles. The Kier molecular flexibility index (Phi) is 8.78. The third kappa shape index (κ3) is 6.66. The molecule has 0 radical (unpaired) electrons. The van der Waals surface area contributed by atoms with Crippen molar-refractivity contribution in [2.24, 2.45) is 0 Å². The quantitative estimate of drug-likeness (QED) is 0.512. The summed E-state index contributed by atoms with van der Waals surface area (Å²) < 4.78 is 23.6. The van der Waals surface area contributed by atoms with Gasteiger partial charge in [-0.3, -0.25) is 19.2 Å². The van der Waals surface area contributed by atoms with Crippen molar-refractivity contribution < 1.29 is 32.7 Å². The van der Waals surface area contributed by atoms with Gasteiger partial charge < -0.3 is 24.7 Å². The smallest absolute Gasteiger partial charge is 0.325 e. The molecular weight excluding hydrogens is 445 g/mol. The molecular formula is C24H28FN3O6. The molecule has 0 spiro atoms. The van der Waals surface area contributed by atoms with Gasteiger partial charge in [0.25, 0.3) is 5.91 Å². The van der Waals surface area contributed by atoms with Crippen molar-refractivity contribution in [3.63, 3.8) is 0 Å². The van der Waals surface area contributed by atoms with Crippen molar-refractivity contribution >= 4 is 23.7 Å². The average molecular weight is 474 g/mol. The Balaban J connectivity index is 1.86. The fraction of sp³-hybridized carbons (Fsp3) is 0.417. The number of rotatable bonds is 10. The number of amides is 3. The Bertz CT molecular complexity index is 987. The summed E-state index contributed by atoms with van der Waals surface area (Å²) in [6, 6.07) is 6.83. The molecule has 182 valence electrons. The summed E-state index contributed by atoms with van der Waals surface area (Å²) in [5.74, 6) is -3.01. The van der Waals surface area contributed by atoms with E-state index in [0.29, 0.717) is 5.56 Å². The van der Waals surface area contributed by atoms with Crippen LogP contribution >= 0.6 is 0 Å². The van der Waals surface area contributed by atoms with Crippen LogP contribution in [0.3, 0.4) is 0 Å². The van der Waals surface area contributed by atoms with Crippen molar-refractivity contribution in [2.45, 2.75) is 44.7 Å². The second-order valence-corrected chi connectivity index (χ2v) is 7.93. The average Bonchev–Trinajstić information content (AvgIpc) is 3.53. The summed E-state index contributed by atoms with van der Waals surface area (Å²) in [7, 11) is 0. The molecule has 34 heavy (non-hydrogen) atoms. The first-order valence-electron chi connectivity index (χ1n) is 11.2. The highest BCUT2D eigenvalue weighted by Gasteiger charge is 2.35. The molecule has 0 bridgehead atoms. The maximum atomic E-state index is 13.6. The van der Waals surface area contributed by atoms with Crippen LogP contribution in [0.25, 0.3) is 0 Å². The Morgan fingerprint density at radius 2 is 1.85 bits per heavy atom. The maximum absolute atomic E-state index is 13.6. The zero-order chi connectivity index (χ0) is 24.5. The van der Waals surface area contributed by atoms with E-state index in [4.69, 9.17) is 9.15 Å². The molecule has 1 heterocycles. The molecule has 1 saturated carbocycles. The Morgan fingerprint density at radius 1 is 1.15 bits per heavy atom. The number of hydrogen-bond acceptors (Lipinski definition) is 6. The summed E-state index contributed by atoms with van der Waals surface area (Å²) in [5.41, 5.74) is 0.326. The fourth-order valence-electron chi connectivity index (χ4n) is 3.89. The van der Waals surface area contributed by atoms with Gasteiger partial charge in [-0.2, -0.15) is 0 Å². The molecule has 0 aliphatic heterocycles. The third-order valence-electron chi connectivity index (χ3n) is 5.52. The molecule has 3 rings (SSSR count). The number of nitrogens with one attached hydrogen (secondary N) is 2. The van der Waals surface area contributed by atoms with Gasteiger partial charge in [0, 0.05) is 6.04 Å². The molecule has 10 heteroatoms. The van der Waals surface area contributed by atoms with Crippen LogP contribution in [0.1, 0.15) is 54.8 Å². The highest BCUT2D eigenvalue weighted by atomic mass is 19.1. The van der Waals surface area contributed by atoms with Crippen LogP contribution in [0.2, 0.25) is 0 Å². The lowest BCUT2D eigenvalue weighted by Crippen LogP contribution is -2.50. The van der Waals surface area contributed by atoms with Crippen molar-refractivity contribution in [3.05, 3.63) is 59.8 Å². The molecule has 0 unspecified atom stereocenters. The van der Waals surface area contributed by atoms with Gasteiger partial charge in [0.15, 0.2) is 5.76 Å². The predicted molar refractivity (Wildman–Crippen MR) is 119 cm³/mol. The highest BCUT2D eigenvalue weighted by molar-refractivity contribution is 5.96. The van der Waals surface area contributed by atoms with Gasteiger partial charge in [0.2, 0.25) is 11.8 Å². The Labute approximate surface area is 196 Å². The normalized spacial score (nSPS) is 14.3. The van der Waals surface area contributed by atoms with E-state index in [9.17, 15) is 23.6 Å². The second-order valence-electron chi connectivity index (χ2n) is 7.93. The number of benzene rings is 1. The topological polar surface area (TPSA) is 118 Å². The number of carbonyl (C=O) groups excluding carboxylic acids is 4. The van der Waals surface area contributed by atoms with E-state index >= 15 is 0 Å². The zero-order valence-corrected chi connectivity index (χ0v) is 18.9. The van der Waals surface area contributed by atoms with Crippen LogP contribution in [0.15, 0.2) is 47.1 Å². The van der Waals surface area contributed by atoms with E-state index in [2.05, 4.69) is 10.6 Å². The minimum Gasteiger partial charge on any atom is -0.465 e. The van der Waals surface area contributed by atoms with Gasteiger partial charge in [-0.15, -0.1) is 0 Å². The molecule has 1 aliphatic rings. The number of nitrogens with zero attached hydrogens (tertiary/aromatic N) is 1. The van der Waals surface area contributed by atoms with Crippen LogP contribution in [0, 0.1) is 5.82 Å². The van der Waals surface area contributed by atoms with E-state index in [1.807, 2.05) is 0 Å². The van der Waals surface area contributed by atoms with E-state index in [-0.39, 0.29) is 18.4 Å². The number of ether oxygens (including phenoxy) is 1. The van der Waals surface area contributed by atoms with Crippen molar-refractivity contribution in [1.82, 2.24) is 15.5 Å². The van der Waals surface area contributed by atoms with Gasteiger partial charge in [0.05, 0.1) is 19.4 Å².